The third kappa shape index (κ3) is 8.29. The van der Waals surface area contributed by atoms with Crippen LogP contribution < -0.4 is 31.1 Å². The summed E-state index contributed by atoms with van der Waals surface area (Å²) in [5, 5.41) is 7.23. The Balaban J connectivity index is 0.994. The summed E-state index contributed by atoms with van der Waals surface area (Å²) in [6.45, 7) is 13.6. The van der Waals surface area contributed by atoms with Gasteiger partial charge >= 0.3 is 0 Å². The van der Waals surface area contributed by atoms with Gasteiger partial charge in [-0.25, -0.2) is 0 Å². The minimum atomic E-state index is -0.121. The van der Waals surface area contributed by atoms with Gasteiger partial charge in [0.15, 0.2) is 0 Å². The fourth-order valence-corrected chi connectivity index (χ4v) is 15.7. The maximum Gasteiger partial charge on any atom is 0.252 e. The van der Waals surface area contributed by atoms with Crippen molar-refractivity contribution in [1.82, 2.24) is 13.7 Å². The van der Waals surface area contributed by atoms with Crippen LogP contribution in [0.5, 0.6) is 0 Å². The van der Waals surface area contributed by atoms with Crippen molar-refractivity contribution in [2.24, 2.45) is 0 Å². The topological polar surface area (TPSA) is 24.5 Å². The van der Waals surface area contributed by atoms with Crippen LogP contribution in [0.1, 0.15) is 52.7 Å². The molecule has 444 valence electrons. The van der Waals surface area contributed by atoms with E-state index in [0.717, 1.165) is 90.3 Å². The molecule has 6 nitrogen and oxygen atoms in total. The first-order chi connectivity index (χ1) is 45.5. The summed E-state index contributed by atoms with van der Waals surface area (Å²) in [7, 11) is 0. The molecule has 16 aromatic rings. The molecular formula is C86H67BN6. The van der Waals surface area contributed by atoms with Crippen LogP contribution in [0.4, 0.5) is 51.2 Å². The van der Waals surface area contributed by atoms with Gasteiger partial charge in [0.25, 0.3) is 6.71 Å². The zero-order valence-electron chi connectivity index (χ0n) is 53.1. The van der Waals surface area contributed by atoms with E-state index in [9.17, 15) is 0 Å². The first kappa shape index (κ1) is 54.6. The lowest BCUT2D eigenvalue weighted by Gasteiger charge is -2.44. The fourth-order valence-electron chi connectivity index (χ4n) is 15.7. The van der Waals surface area contributed by atoms with Crippen molar-refractivity contribution in [3.8, 4) is 17.1 Å². The molecule has 3 aromatic heterocycles. The molecule has 0 radical (unpaired) electrons. The van der Waals surface area contributed by atoms with E-state index in [0.29, 0.717) is 0 Å². The lowest BCUT2D eigenvalue weighted by molar-refractivity contribution is 0.590. The molecule has 0 unspecified atom stereocenters. The summed E-state index contributed by atoms with van der Waals surface area (Å²) in [5.41, 5.74) is 26.7. The van der Waals surface area contributed by atoms with Gasteiger partial charge < -0.3 is 28.4 Å². The van der Waals surface area contributed by atoms with Gasteiger partial charge in [0.2, 0.25) is 0 Å². The molecule has 0 spiro atoms. The number of aromatic nitrogens is 3. The molecule has 93 heavy (non-hydrogen) atoms. The molecular weight excluding hydrogens is 1130 g/mol. The molecule has 13 aromatic carbocycles. The van der Waals surface area contributed by atoms with Gasteiger partial charge in [0.1, 0.15) is 0 Å². The van der Waals surface area contributed by atoms with Gasteiger partial charge in [-0.1, -0.05) is 217 Å². The Morgan fingerprint density at radius 1 is 0.280 bits per heavy atom. The standard InChI is InChI=1S/C86H67BN6/c1-85(2,3)56-43-47-62(48-44-56)88(63-49-45-57(46-50-63)86(4,5)6)64-51-52-70-75(53-64)90(59-29-13-8-14-30-59)77-55-65(54-76-81(77)87(70)69-38-22-26-42-74(69)89(76)58-27-11-7-12-28-58)93-73-41-25-21-37-68(73)80-83-78(66-35-19-23-39-71(66)91(83)60-31-15-9-16-32-60)82-79(84(80)93)67-36-20-24-40-72(67)92(82)61-33-17-10-18-34-61/h7-55H,1-6H3. The normalized spacial score (nSPS) is 13.0. The van der Waals surface area contributed by atoms with Crippen molar-refractivity contribution in [1.29, 1.82) is 0 Å². The van der Waals surface area contributed by atoms with Crippen LogP contribution >= 0.6 is 0 Å². The highest BCUT2D eigenvalue weighted by atomic mass is 15.2. The van der Waals surface area contributed by atoms with E-state index in [1.54, 1.807) is 0 Å². The number of benzene rings is 13. The summed E-state index contributed by atoms with van der Waals surface area (Å²) >= 11 is 0. The van der Waals surface area contributed by atoms with Crippen molar-refractivity contribution in [3.05, 3.63) is 308 Å². The number of rotatable bonds is 8. The van der Waals surface area contributed by atoms with Crippen LogP contribution in [0.3, 0.4) is 0 Å². The highest BCUT2D eigenvalue weighted by Crippen LogP contribution is 2.53. The summed E-state index contributed by atoms with van der Waals surface area (Å²) in [6.07, 6.45) is 0. The monoisotopic (exact) mass is 1190 g/mol. The van der Waals surface area contributed by atoms with Gasteiger partial charge in [-0.2, -0.15) is 0 Å². The second-order valence-corrected chi connectivity index (χ2v) is 27.3. The van der Waals surface area contributed by atoms with E-state index < -0.39 is 0 Å². The highest BCUT2D eigenvalue weighted by Gasteiger charge is 2.44. The van der Waals surface area contributed by atoms with Crippen molar-refractivity contribution >= 4 is 140 Å². The predicted molar refractivity (Wildman–Crippen MR) is 396 cm³/mol. The van der Waals surface area contributed by atoms with Gasteiger partial charge in [-0.15, -0.1) is 0 Å². The number of nitrogens with zero attached hydrogens (tertiary/aromatic N) is 6. The average molecular weight is 1200 g/mol. The largest absolute Gasteiger partial charge is 0.311 e. The summed E-state index contributed by atoms with van der Waals surface area (Å²) in [4.78, 5) is 7.57. The second kappa shape index (κ2) is 20.6. The van der Waals surface area contributed by atoms with Crippen molar-refractivity contribution in [2.45, 2.75) is 52.4 Å². The Hall–Kier alpha value is -11.3. The minimum absolute atomic E-state index is 0.00212. The van der Waals surface area contributed by atoms with Crippen LogP contribution in [0, 0.1) is 0 Å². The number of anilines is 9. The molecule has 2 aliphatic rings. The Morgan fingerprint density at radius 3 is 1.05 bits per heavy atom. The Morgan fingerprint density at radius 2 is 0.624 bits per heavy atom. The summed E-state index contributed by atoms with van der Waals surface area (Å²) in [6, 6.07) is 111. The molecule has 0 amide bonds. The Kier molecular flexibility index (Phi) is 12.1. The maximum atomic E-state index is 2.63. The van der Waals surface area contributed by atoms with Gasteiger partial charge in [-0.05, 0) is 160 Å². The Labute approximate surface area is 542 Å². The predicted octanol–water partition coefficient (Wildman–Crippen LogP) is 21.1. The molecule has 5 heterocycles. The number of fused-ring (bicyclic) bond motifs is 16. The lowest BCUT2D eigenvalue weighted by Crippen LogP contribution is -2.61. The van der Waals surface area contributed by atoms with Crippen LogP contribution in [-0.4, -0.2) is 20.4 Å². The van der Waals surface area contributed by atoms with E-state index in [-0.39, 0.29) is 17.5 Å². The molecule has 7 heteroatoms. The van der Waals surface area contributed by atoms with E-state index in [4.69, 9.17) is 0 Å². The summed E-state index contributed by atoms with van der Waals surface area (Å²) < 4.78 is 7.71. The molecule has 0 atom stereocenters. The molecule has 0 saturated heterocycles. The van der Waals surface area contributed by atoms with E-state index >= 15 is 0 Å². The van der Waals surface area contributed by atoms with Gasteiger partial charge in [0, 0.05) is 94.9 Å². The van der Waals surface area contributed by atoms with Crippen LogP contribution in [-0.2, 0) is 10.8 Å². The van der Waals surface area contributed by atoms with Crippen LogP contribution in [0.25, 0.3) is 82.5 Å². The molecule has 0 aliphatic carbocycles. The van der Waals surface area contributed by atoms with Crippen molar-refractivity contribution in [3.63, 3.8) is 0 Å². The number of hydrogen-bond donors (Lipinski definition) is 0. The first-order valence-corrected chi connectivity index (χ1v) is 32.6. The molecule has 2 aliphatic heterocycles. The second-order valence-electron chi connectivity index (χ2n) is 27.3. The van der Waals surface area contributed by atoms with E-state index in [1.807, 2.05) is 0 Å². The molecule has 18 rings (SSSR count). The smallest absolute Gasteiger partial charge is 0.252 e. The zero-order chi connectivity index (χ0) is 62.4. The van der Waals surface area contributed by atoms with Gasteiger partial charge in [0.05, 0.1) is 38.8 Å². The maximum absolute atomic E-state index is 2.63. The fraction of sp³-hybridized carbons (Fsp3) is 0.0930. The minimum Gasteiger partial charge on any atom is -0.311 e. The number of hydrogen-bond acceptors (Lipinski definition) is 3. The molecule has 0 fully saturated rings. The van der Waals surface area contributed by atoms with Crippen LogP contribution in [0.15, 0.2) is 297 Å². The average Bonchev–Trinajstić information content (AvgIpc) is 1.57. The first-order valence-electron chi connectivity index (χ1n) is 32.6. The van der Waals surface area contributed by atoms with Crippen molar-refractivity contribution < 1.29 is 0 Å². The molecule has 0 saturated carbocycles. The third-order valence-corrected chi connectivity index (χ3v) is 19.8. The SMILES string of the molecule is CC(C)(C)c1ccc(N(c2ccc(C(C)(C)C)cc2)c2ccc3c(c2)N(c2ccccc2)c2cc(-n4c5ccccc5c5c6c(c7ccccc7n6-c6ccccc6)c6c(c7ccccc7n6-c6ccccc6)c54)cc4c2B3c2ccccc2N4c2ccccc2)cc1. The quantitative estimate of drug-likeness (QED) is 0.142. The number of para-hydroxylation sites is 8. The summed E-state index contributed by atoms with van der Waals surface area (Å²) in [5.74, 6) is 0. The zero-order valence-corrected chi connectivity index (χ0v) is 53.1. The highest BCUT2D eigenvalue weighted by molar-refractivity contribution is 7.00. The Bertz CT molecular complexity index is 5510. The van der Waals surface area contributed by atoms with Crippen LogP contribution in [0.2, 0.25) is 0 Å². The molecule has 0 N–H and O–H groups in total. The van der Waals surface area contributed by atoms with Crippen molar-refractivity contribution in [2.75, 3.05) is 14.7 Å². The van der Waals surface area contributed by atoms with Gasteiger partial charge in [-0.3, -0.25) is 0 Å². The van der Waals surface area contributed by atoms with E-state index in [2.05, 4.69) is 367 Å². The third-order valence-electron chi connectivity index (χ3n) is 19.8. The molecule has 0 bridgehead atoms. The lowest BCUT2D eigenvalue weighted by atomic mass is 9.33. The van der Waals surface area contributed by atoms with E-state index in [1.165, 1.54) is 70.9 Å².